The first-order chi connectivity index (χ1) is 7.61. The molecule has 16 heavy (non-hydrogen) atoms. The number of rotatable bonds is 5. The van der Waals surface area contributed by atoms with Crippen LogP contribution in [0.25, 0.3) is 0 Å². The van der Waals surface area contributed by atoms with Gasteiger partial charge in [0.2, 0.25) is 0 Å². The van der Waals surface area contributed by atoms with Crippen LogP contribution in [0, 0.1) is 5.41 Å². The largest absolute Gasteiger partial charge is 0.316 e. The molecule has 4 heteroatoms. The smallest absolute Gasteiger partial charge is 0.0636 e. The van der Waals surface area contributed by atoms with E-state index >= 15 is 0 Å². The lowest BCUT2D eigenvalue weighted by Gasteiger charge is -2.11. The molecule has 0 aromatic carbocycles. The molecule has 2 nitrogen and oxygen atoms in total. The third-order valence-corrected chi connectivity index (χ3v) is 3.81. The van der Waals surface area contributed by atoms with Crippen molar-refractivity contribution >= 4 is 23.2 Å². The third kappa shape index (κ3) is 3.09. The number of halogens is 2. The molecule has 1 fully saturated rings. The standard InChI is InChI=1S/C12H16Cl2N2/c1-12(3-4-12)8-15-5-2-9-10(13)6-16-7-11(9)14/h6-7,15H,2-5,8H2,1H3. The number of aromatic nitrogens is 1. The molecule has 0 spiro atoms. The number of nitrogens with zero attached hydrogens (tertiary/aromatic N) is 1. The van der Waals surface area contributed by atoms with Gasteiger partial charge in [-0.25, -0.2) is 0 Å². The van der Waals surface area contributed by atoms with E-state index in [9.17, 15) is 0 Å². The van der Waals surface area contributed by atoms with Gasteiger partial charge in [-0.2, -0.15) is 0 Å². The Kier molecular flexibility index (Phi) is 3.73. The van der Waals surface area contributed by atoms with E-state index in [0.717, 1.165) is 25.1 Å². The Bertz CT molecular complexity index is 355. The van der Waals surface area contributed by atoms with E-state index in [0.29, 0.717) is 15.5 Å². The summed E-state index contributed by atoms with van der Waals surface area (Å²) in [4.78, 5) is 3.94. The van der Waals surface area contributed by atoms with Crippen molar-refractivity contribution < 1.29 is 0 Å². The average Bonchev–Trinajstić information content (AvgIpc) is 2.95. The SMILES string of the molecule is CC1(CNCCc2c(Cl)cncc2Cl)CC1. The van der Waals surface area contributed by atoms with E-state index in [1.54, 1.807) is 12.4 Å². The van der Waals surface area contributed by atoms with Crippen LogP contribution in [0.15, 0.2) is 12.4 Å². The van der Waals surface area contributed by atoms with Crippen molar-refractivity contribution in [2.75, 3.05) is 13.1 Å². The Labute approximate surface area is 106 Å². The van der Waals surface area contributed by atoms with Crippen LogP contribution >= 0.6 is 23.2 Å². The lowest BCUT2D eigenvalue weighted by molar-refractivity contribution is 0.502. The summed E-state index contributed by atoms with van der Waals surface area (Å²) >= 11 is 12.1. The van der Waals surface area contributed by atoms with E-state index < -0.39 is 0 Å². The molecule has 1 aromatic rings. The Morgan fingerprint density at radius 2 is 1.94 bits per heavy atom. The molecule has 0 unspecified atom stereocenters. The highest BCUT2D eigenvalue weighted by molar-refractivity contribution is 6.35. The van der Waals surface area contributed by atoms with Gasteiger partial charge in [0, 0.05) is 18.9 Å². The topological polar surface area (TPSA) is 24.9 Å². The molecule has 0 aliphatic heterocycles. The second-order valence-corrected chi connectivity index (χ2v) is 5.63. The highest BCUT2D eigenvalue weighted by Gasteiger charge is 2.36. The highest BCUT2D eigenvalue weighted by atomic mass is 35.5. The normalized spacial score (nSPS) is 17.4. The van der Waals surface area contributed by atoms with Crippen molar-refractivity contribution in [1.82, 2.24) is 10.3 Å². The lowest BCUT2D eigenvalue weighted by Crippen LogP contribution is -2.24. The Morgan fingerprint density at radius 1 is 1.31 bits per heavy atom. The molecule has 1 heterocycles. The van der Waals surface area contributed by atoms with E-state index in [1.807, 2.05) is 0 Å². The van der Waals surface area contributed by atoms with E-state index in [-0.39, 0.29) is 0 Å². The molecule has 0 bridgehead atoms. The van der Waals surface area contributed by atoms with E-state index in [1.165, 1.54) is 12.8 Å². The van der Waals surface area contributed by atoms with Gasteiger partial charge in [-0.3, -0.25) is 4.98 Å². The third-order valence-electron chi connectivity index (χ3n) is 3.16. The van der Waals surface area contributed by atoms with Crippen molar-refractivity contribution in [3.8, 4) is 0 Å². The fourth-order valence-electron chi connectivity index (χ4n) is 1.67. The van der Waals surface area contributed by atoms with Crippen LogP contribution in [0.5, 0.6) is 0 Å². The first-order valence-corrected chi connectivity index (χ1v) is 6.35. The zero-order valence-electron chi connectivity index (χ0n) is 9.39. The van der Waals surface area contributed by atoms with Gasteiger partial charge in [-0.1, -0.05) is 30.1 Å². The Hall–Kier alpha value is -0.310. The summed E-state index contributed by atoms with van der Waals surface area (Å²) in [6.07, 6.45) is 6.83. The van der Waals surface area contributed by atoms with Crippen molar-refractivity contribution in [3.63, 3.8) is 0 Å². The quantitative estimate of drug-likeness (QED) is 0.820. The fraction of sp³-hybridized carbons (Fsp3) is 0.583. The van der Waals surface area contributed by atoms with Crippen LogP contribution < -0.4 is 5.32 Å². The molecular formula is C12H16Cl2N2. The molecule has 1 saturated carbocycles. The van der Waals surface area contributed by atoms with Crippen LogP contribution in [-0.2, 0) is 6.42 Å². The summed E-state index contributed by atoms with van der Waals surface area (Å²) in [5.74, 6) is 0. The first-order valence-electron chi connectivity index (χ1n) is 5.59. The maximum absolute atomic E-state index is 6.04. The zero-order valence-corrected chi connectivity index (χ0v) is 10.9. The van der Waals surface area contributed by atoms with Crippen LogP contribution in [-0.4, -0.2) is 18.1 Å². The number of pyridine rings is 1. The molecule has 1 N–H and O–H groups in total. The fourth-order valence-corrected chi connectivity index (χ4v) is 2.22. The number of nitrogens with one attached hydrogen (secondary N) is 1. The summed E-state index contributed by atoms with van der Waals surface area (Å²) in [6.45, 7) is 4.32. The van der Waals surface area contributed by atoms with Crippen molar-refractivity contribution in [1.29, 1.82) is 0 Å². The summed E-state index contributed by atoms with van der Waals surface area (Å²) in [5, 5.41) is 4.77. The summed E-state index contributed by atoms with van der Waals surface area (Å²) in [7, 11) is 0. The van der Waals surface area contributed by atoms with Gasteiger partial charge >= 0.3 is 0 Å². The molecular weight excluding hydrogens is 243 g/mol. The van der Waals surface area contributed by atoms with E-state index in [2.05, 4.69) is 17.2 Å². The molecule has 0 amide bonds. The van der Waals surface area contributed by atoms with Gasteiger partial charge in [-0.05, 0) is 36.8 Å². The minimum Gasteiger partial charge on any atom is -0.316 e. The van der Waals surface area contributed by atoms with Gasteiger partial charge in [0.1, 0.15) is 0 Å². The van der Waals surface area contributed by atoms with Gasteiger partial charge in [0.15, 0.2) is 0 Å². The predicted molar refractivity (Wildman–Crippen MR) is 68.2 cm³/mol. The molecule has 1 aromatic heterocycles. The number of hydrogen-bond donors (Lipinski definition) is 1. The Balaban J connectivity index is 1.80. The average molecular weight is 259 g/mol. The molecule has 0 saturated heterocycles. The maximum atomic E-state index is 6.04. The highest BCUT2D eigenvalue weighted by Crippen LogP contribution is 2.43. The molecule has 0 atom stereocenters. The maximum Gasteiger partial charge on any atom is 0.0636 e. The van der Waals surface area contributed by atoms with E-state index in [4.69, 9.17) is 23.2 Å². The Morgan fingerprint density at radius 3 is 2.50 bits per heavy atom. The summed E-state index contributed by atoms with van der Waals surface area (Å²) in [5.41, 5.74) is 1.54. The van der Waals surface area contributed by atoms with Gasteiger partial charge < -0.3 is 5.32 Å². The number of hydrogen-bond acceptors (Lipinski definition) is 2. The van der Waals surface area contributed by atoms with Crippen molar-refractivity contribution in [2.24, 2.45) is 5.41 Å². The van der Waals surface area contributed by atoms with Crippen LogP contribution in [0.2, 0.25) is 10.0 Å². The second-order valence-electron chi connectivity index (χ2n) is 4.82. The molecule has 1 aliphatic rings. The van der Waals surface area contributed by atoms with Crippen molar-refractivity contribution in [2.45, 2.75) is 26.2 Å². The molecule has 88 valence electrons. The first kappa shape index (κ1) is 12.2. The molecule has 0 radical (unpaired) electrons. The van der Waals surface area contributed by atoms with Gasteiger partial charge in [-0.15, -0.1) is 0 Å². The van der Waals surface area contributed by atoms with Gasteiger partial charge in [0.25, 0.3) is 0 Å². The minimum absolute atomic E-state index is 0.547. The van der Waals surface area contributed by atoms with Crippen LogP contribution in [0.1, 0.15) is 25.3 Å². The zero-order chi connectivity index (χ0) is 11.6. The van der Waals surface area contributed by atoms with Crippen LogP contribution in [0.3, 0.4) is 0 Å². The van der Waals surface area contributed by atoms with Crippen LogP contribution in [0.4, 0.5) is 0 Å². The minimum atomic E-state index is 0.547. The monoisotopic (exact) mass is 258 g/mol. The second kappa shape index (κ2) is 4.91. The summed E-state index contributed by atoms with van der Waals surface area (Å²) < 4.78 is 0. The molecule has 2 rings (SSSR count). The molecule has 1 aliphatic carbocycles. The lowest BCUT2D eigenvalue weighted by atomic mass is 10.1. The van der Waals surface area contributed by atoms with Crippen molar-refractivity contribution in [3.05, 3.63) is 28.0 Å². The van der Waals surface area contributed by atoms with Gasteiger partial charge in [0.05, 0.1) is 10.0 Å². The summed E-state index contributed by atoms with van der Waals surface area (Å²) in [6, 6.07) is 0. The predicted octanol–water partition coefficient (Wildman–Crippen LogP) is 3.32.